The van der Waals surface area contributed by atoms with Gasteiger partial charge in [-0.15, -0.1) is 0 Å². The second kappa shape index (κ2) is 5.55. The largest absolute Gasteiger partial charge is 0.481 e. The van der Waals surface area contributed by atoms with E-state index in [9.17, 15) is 9.90 Å². The minimum absolute atomic E-state index is 0.521. The number of carbonyl (C=O) groups is 1. The molecule has 0 aromatic heterocycles. The average Bonchev–Trinajstić information content (AvgIpc) is 2.40. The van der Waals surface area contributed by atoms with Gasteiger partial charge in [0, 0.05) is 0 Å². The highest BCUT2D eigenvalue weighted by Crippen LogP contribution is 2.42. The molecule has 1 N–H and O–H groups in total. The van der Waals surface area contributed by atoms with E-state index in [0.717, 1.165) is 37.2 Å². The maximum Gasteiger partial charge on any atom is 0.309 e. The Bertz CT molecular complexity index is 389. The molecule has 0 atom stereocenters. The van der Waals surface area contributed by atoms with Crippen LogP contribution in [-0.2, 0) is 11.2 Å². The summed E-state index contributed by atoms with van der Waals surface area (Å²) in [4.78, 5) is 11.7. The molecule has 0 bridgehead atoms. The van der Waals surface area contributed by atoms with Crippen molar-refractivity contribution >= 4 is 5.97 Å². The lowest BCUT2D eigenvalue weighted by atomic mass is 9.67. The van der Waals surface area contributed by atoms with E-state index in [2.05, 4.69) is 6.92 Å². The fraction of sp³-hybridized carbons (Fsp3) is 0.562. The highest BCUT2D eigenvalue weighted by atomic mass is 16.4. The minimum Gasteiger partial charge on any atom is -0.481 e. The number of aliphatic carboxylic acids is 1. The second-order valence-corrected chi connectivity index (χ2v) is 5.60. The molecule has 1 aromatic carbocycles. The predicted molar refractivity (Wildman–Crippen MR) is 72.5 cm³/mol. The van der Waals surface area contributed by atoms with Crippen molar-refractivity contribution in [3.8, 4) is 0 Å². The van der Waals surface area contributed by atoms with Gasteiger partial charge in [-0.1, -0.05) is 43.7 Å². The molecule has 18 heavy (non-hydrogen) atoms. The van der Waals surface area contributed by atoms with Crippen LogP contribution in [0.25, 0.3) is 0 Å². The Morgan fingerprint density at radius 2 is 1.89 bits per heavy atom. The number of carboxylic acids is 1. The van der Waals surface area contributed by atoms with E-state index in [4.69, 9.17) is 0 Å². The standard InChI is InChI=1S/C16H22O2/c1-2-13-8-10-16(11-9-13,15(17)18)12-14-6-4-3-5-7-14/h3-7,13H,2,8-12H2,1H3,(H,17,18). The monoisotopic (exact) mass is 246 g/mol. The Morgan fingerprint density at radius 1 is 1.28 bits per heavy atom. The zero-order chi connectivity index (χ0) is 13.0. The summed E-state index contributed by atoms with van der Waals surface area (Å²) in [7, 11) is 0. The van der Waals surface area contributed by atoms with Crippen molar-refractivity contribution in [1.29, 1.82) is 0 Å². The van der Waals surface area contributed by atoms with Gasteiger partial charge in [0.15, 0.2) is 0 Å². The summed E-state index contributed by atoms with van der Waals surface area (Å²) >= 11 is 0. The van der Waals surface area contributed by atoms with E-state index >= 15 is 0 Å². The van der Waals surface area contributed by atoms with Crippen molar-refractivity contribution in [3.05, 3.63) is 35.9 Å². The van der Waals surface area contributed by atoms with Gasteiger partial charge >= 0.3 is 5.97 Å². The quantitative estimate of drug-likeness (QED) is 0.874. The van der Waals surface area contributed by atoms with Crippen molar-refractivity contribution in [2.24, 2.45) is 11.3 Å². The Balaban J connectivity index is 2.12. The molecule has 0 heterocycles. The van der Waals surface area contributed by atoms with Crippen LogP contribution in [0.2, 0.25) is 0 Å². The summed E-state index contributed by atoms with van der Waals surface area (Å²) in [5.74, 6) is 0.120. The van der Waals surface area contributed by atoms with E-state index in [1.165, 1.54) is 6.42 Å². The molecule has 0 spiro atoms. The smallest absolute Gasteiger partial charge is 0.309 e. The molecule has 1 aromatic rings. The summed E-state index contributed by atoms with van der Waals surface area (Å²) in [6.07, 6.45) is 5.65. The summed E-state index contributed by atoms with van der Waals surface area (Å²) in [5, 5.41) is 9.61. The number of benzene rings is 1. The van der Waals surface area contributed by atoms with E-state index in [0.29, 0.717) is 6.42 Å². The molecular weight excluding hydrogens is 224 g/mol. The van der Waals surface area contributed by atoms with E-state index in [-0.39, 0.29) is 0 Å². The fourth-order valence-corrected chi connectivity index (χ4v) is 3.09. The Labute approximate surface area is 109 Å². The van der Waals surface area contributed by atoms with Crippen LogP contribution >= 0.6 is 0 Å². The zero-order valence-corrected chi connectivity index (χ0v) is 11.1. The van der Waals surface area contributed by atoms with Crippen LogP contribution in [0, 0.1) is 11.3 Å². The molecule has 2 heteroatoms. The van der Waals surface area contributed by atoms with Crippen LogP contribution in [0.1, 0.15) is 44.6 Å². The molecule has 1 aliphatic carbocycles. The summed E-state index contributed by atoms with van der Waals surface area (Å²) < 4.78 is 0. The van der Waals surface area contributed by atoms with Crippen molar-refractivity contribution in [2.45, 2.75) is 45.4 Å². The number of rotatable bonds is 4. The maximum atomic E-state index is 11.7. The molecule has 1 saturated carbocycles. The second-order valence-electron chi connectivity index (χ2n) is 5.60. The third-order valence-corrected chi connectivity index (χ3v) is 4.48. The van der Waals surface area contributed by atoms with Gasteiger partial charge < -0.3 is 5.11 Å². The first-order chi connectivity index (χ1) is 8.66. The van der Waals surface area contributed by atoms with Crippen molar-refractivity contribution in [2.75, 3.05) is 0 Å². The normalized spacial score (nSPS) is 27.9. The first kappa shape index (κ1) is 13.1. The van der Waals surface area contributed by atoms with Crippen LogP contribution in [0.15, 0.2) is 30.3 Å². The minimum atomic E-state index is -0.610. The summed E-state index contributed by atoms with van der Waals surface area (Å²) in [6.45, 7) is 2.20. The van der Waals surface area contributed by atoms with Crippen LogP contribution in [0.5, 0.6) is 0 Å². The third-order valence-electron chi connectivity index (χ3n) is 4.48. The molecule has 98 valence electrons. The van der Waals surface area contributed by atoms with Gasteiger partial charge in [0.2, 0.25) is 0 Å². The lowest BCUT2D eigenvalue weighted by molar-refractivity contribution is -0.151. The van der Waals surface area contributed by atoms with Gasteiger partial charge in [-0.05, 0) is 43.6 Å². The first-order valence-corrected chi connectivity index (χ1v) is 6.93. The summed E-state index contributed by atoms with van der Waals surface area (Å²) in [5.41, 5.74) is 0.627. The molecular formula is C16H22O2. The zero-order valence-electron chi connectivity index (χ0n) is 11.1. The lowest BCUT2D eigenvalue weighted by Gasteiger charge is -2.36. The highest BCUT2D eigenvalue weighted by molar-refractivity contribution is 5.75. The Hall–Kier alpha value is -1.31. The van der Waals surface area contributed by atoms with Crippen molar-refractivity contribution in [1.82, 2.24) is 0 Å². The molecule has 0 saturated heterocycles. The number of carboxylic acid groups (broad SMARTS) is 1. The van der Waals surface area contributed by atoms with E-state index in [1.54, 1.807) is 0 Å². The SMILES string of the molecule is CCC1CCC(Cc2ccccc2)(C(=O)O)CC1. The van der Waals surface area contributed by atoms with E-state index in [1.807, 2.05) is 30.3 Å². The van der Waals surface area contributed by atoms with Crippen LogP contribution in [0.4, 0.5) is 0 Å². The third kappa shape index (κ3) is 2.74. The van der Waals surface area contributed by atoms with Gasteiger partial charge in [0.1, 0.15) is 0 Å². The number of hydrogen-bond donors (Lipinski definition) is 1. The molecule has 2 rings (SSSR count). The summed E-state index contributed by atoms with van der Waals surface area (Å²) in [6, 6.07) is 10.0. The Kier molecular flexibility index (Phi) is 4.05. The highest BCUT2D eigenvalue weighted by Gasteiger charge is 2.41. The Morgan fingerprint density at radius 3 is 2.39 bits per heavy atom. The topological polar surface area (TPSA) is 37.3 Å². The van der Waals surface area contributed by atoms with Gasteiger partial charge in [0.05, 0.1) is 5.41 Å². The number of hydrogen-bond acceptors (Lipinski definition) is 1. The molecule has 0 amide bonds. The first-order valence-electron chi connectivity index (χ1n) is 6.93. The van der Waals surface area contributed by atoms with Crippen molar-refractivity contribution < 1.29 is 9.90 Å². The van der Waals surface area contributed by atoms with Gasteiger partial charge in [0.25, 0.3) is 0 Å². The molecule has 2 nitrogen and oxygen atoms in total. The maximum absolute atomic E-state index is 11.7. The van der Waals surface area contributed by atoms with Gasteiger partial charge in [-0.3, -0.25) is 4.79 Å². The van der Waals surface area contributed by atoms with Gasteiger partial charge in [-0.2, -0.15) is 0 Å². The molecule has 1 fully saturated rings. The molecule has 0 aliphatic heterocycles. The predicted octanol–water partition coefficient (Wildman–Crippen LogP) is 3.90. The molecule has 0 radical (unpaired) electrons. The van der Waals surface area contributed by atoms with Crippen LogP contribution in [0.3, 0.4) is 0 Å². The van der Waals surface area contributed by atoms with Crippen LogP contribution in [-0.4, -0.2) is 11.1 Å². The average molecular weight is 246 g/mol. The molecule has 1 aliphatic rings. The lowest BCUT2D eigenvalue weighted by Crippen LogP contribution is -2.37. The van der Waals surface area contributed by atoms with Gasteiger partial charge in [-0.25, -0.2) is 0 Å². The molecule has 0 unspecified atom stereocenters. The van der Waals surface area contributed by atoms with Crippen molar-refractivity contribution in [3.63, 3.8) is 0 Å². The van der Waals surface area contributed by atoms with E-state index < -0.39 is 11.4 Å². The fourth-order valence-electron chi connectivity index (χ4n) is 3.09. The van der Waals surface area contributed by atoms with Crippen LogP contribution < -0.4 is 0 Å².